The summed E-state index contributed by atoms with van der Waals surface area (Å²) < 4.78 is 28.2. The van der Waals surface area contributed by atoms with E-state index >= 15 is 0 Å². The molecule has 2 aromatic rings. The molecule has 0 aromatic heterocycles. The highest BCUT2D eigenvalue weighted by molar-refractivity contribution is 7.90. The van der Waals surface area contributed by atoms with E-state index < -0.39 is 10.0 Å². The summed E-state index contributed by atoms with van der Waals surface area (Å²) in [5, 5.41) is 0.611. The summed E-state index contributed by atoms with van der Waals surface area (Å²) in [4.78, 5) is 16.1. The average molecular weight is 406 g/mol. The second-order valence-electron chi connectivity index (χ2n) is 6.48. The van der Waals surface area contributed by atoms with Gasteiger partial charge in [-0.1, -0.05) is 35.9 Å². The number of hydrogen-bond donors (Lipinski definition) is 0. The first-order valence-corrected chi connectivity index (χ1v) is 10.2. The Balaban J connectivity index is 1.76. The molecular weight excluding hydrogens is 386 g/mol. The van der Waals surface area contributed by atoms with E-state index in [1.165, 1.54) is 6.07 Å². The Kier molecular flexibility index (Phi) is 5.26. The van der Waals surface area contributed by atoms with E-state index in [-0.39, 0.29) is 29.2 Å². The van der Waals surface area contributed by atoms with Gasteiger partial charge < -0.3 is 9.80 Å². The smallest absolute Gasteiger partial charge is 0.285 e. The maximum Gasteiger partial charge on any atom is 0.285 e. The van der Waals surface area contributed by atoms with Gasteiger partial charge in [0, 0.05) is 24.7 Å². The normalized spacial score (nSPS) is 15.6. The Bertz CT molecular complexity index is 1020. The van der Waals surface area contributed by atoms with Crippen molar-refractivity contribution in [2.45, 2.75) is 17.9 Å². The first-order valence-electron chi connectivity index (χ1n) is 8.37. The summed E-state index contributed by atoms with van der Waals surface area (Å²) in [7, 11) is -0.343. The molecule has 0 saturated heterocycles. The summed E-state index contributed by atoms with van der Waals surface area (Å²) in [5.74, 6) is 0.122. The van der Waals surface area contributed by atoms with Crippen LogP contribution in [0.3, 0.4) is 0 Å². The summed E-state index contributed by atoms with van der Waals surface area (Å²) in [5.41, 5.74) is 1.44. The molecule has 2 aromatic carbocycles. The molecule has 0 radical (unpaired) electrons. The van der Waals surface area contributed by atoms with E-state index in [4.69, 9.17) is 11.6 Å². The van der Waals surface area contributed by atoms with E-state index in [2.05, 4.69) is 4.40 Å². The third-order valence-electron chi connectivity index (χ3n) is 4.65. The highest BCUT2D eigenvalue weighted by Crippen LogP contribution is 2.27. The molecule has 27 heavy (non-hydrogen) atoms. The van der Waals surface area contributed by atoms with Crippen molar-refractivity contribution in [1.29, 1.82) is 0 Å². The Hall–Kier alpha value is -2.38. The van der Waals surface area contributed by atoms with Crippen molar-refractivity contribution in [1.82, 2.24) is 9.80 Å². The molecule has 1 aliphatic rings. The number of halogens is 1. The number of benzene rings is 2. The highest BCUT2D eigenvalue weighted by Gasteiger charge is 2.31. The van der Waals surface area contributed by atoms with Gasteiger partial charge >= 0.3 is 0 Å². The minimum absolute atomic E-state index is 0.00406. The molecule has 0 saturated carbocycles. The number of fused-ring (bicyclic) bond motifs is 1. The number of amidine groups is 1. The van der Waals surface area contributed by atoms with Crippen LogP contribution in [-0.4, -0.2) is 50.6 Å². The molecule has 1 aliphatic heterocycles. The summed E-state index contributed by atoms with van der Waals surface area (Å²) in [6.45, 7) is 1.92. The average Bonchev–Trinajstić information content (AvgIpc) is 2.92. The van der Waals surface area contributed by atoms with Crippen LogP contribution in [-0.2, 0) is 14.8 Å². The molecule has 142 valence electrons. The van der Waals surface area contributed by atoms with Crippen LogP contribution in [0.5, 0.6) is 0 Å². The number of sulfonamides is 1. The van der Waals surface area contributed by atoms with Gasteiger partial charge in [0.25, 0.3) is 10.0 Å². The van der Waals surface area contributed by atoms with E-state index in [0.717, 1.165) is 5.56 Å². The van der Waals surface area contributed by atoms with Crippen LogP contribution >= 0.6 is 11.6 Å². The standard InChI is InChI=1S/C19H20ClN3O3S/c1-13(14-7-6-8-15(20)11-14)23(3)18(24)12-22(2)19-16-9-4-5-10-17(16)27(25,26)21-19/h4-11,13H,12H2,1-3H3. The second kappa shape index (κ2) is 7.32. The Morgan fingerprint density at radius 1 is 1.15 bits per heavy atom. The monoisotopic (exact) mass is 405 g/mol. The zero-order valence-corrected chi connectivity index (χ0v) is 16.8. The second-order valence-corrected chi connectivity index (χ2v) is 8.49. The quantitative estimate of drug-likeness (QED) is 0.784. The predicted octanol–water partition coefficient (Wildman–Crippen LogP) is 2.94. The third kappa shape index (κ3) is 3.84. The molecule has 0 aliphatic carbocycles. The summed E-state index contributed by atoms with van der Waals surface area (Å²) in [6, 6.07) is 13.8. The van der Waals surface area contributed by atoms with Gasteiger partial charge in [0.15, 0.2) is 5.84 Å². The fraction of sp³-hybridized carbons (Fsp3) is 0.263. The molecule has 3 rings (SSSR count). The van der Waals surface area contributed by atoms with Crippen molar-refractivity contribution in [3.8, 4) is 0 Å². The van der Waals surface area contributed by atoms with E-state index in [1.54, 1.807) is 48.2 Å². The lowest BCUT2D eigenvalue weighted by atomic mass is 10.1. The first kappa shape index (κ1) is 19.4. The van der Waals surface area contributed by atoms with Crippen molar-refractivity contribution in [2.75, 3.05) is 20.6 Å². The zero-order valence-electron chi connectivity index (χ0n) is 15.3. The third-order valence-corrected chi connectivity index (χ3v) is 6.21. The van der Waals surface area contributed by atoms with Crippen molar-refractivity contribution >= 4 is 33.4 Å². The lowest BCUT2D eigenvalue weighted by Gasteiger charge is -2.28. The molecule has 6 nitrogen and oxygen atoms in total. The van der Waals surface area contributed by atoms with Gasteiger partial charge in [-0.2, -0.15) is 8.42 Å². The Morgan fingerprint density at radius 2 is 1.85 bits per heavy atom. The maximum atomic E-state index is 12.7. The number of rotatable bonds is 4. The molecule has 0 fully saturated rings. The molecule has 0 N–H and O–H groups in total. The largest absolute Gasteiger partial charge is 0.349 e. The molecule has 1 atom stereocenters. The van der Waals surface area contributed by atoms with E-state index in [1.807, 2.05) is 25.1 Å². The summed E-state index contributed by atoms with van der Waals surface area (Å²) in [6.07, 6.45) is 0. The van der Waals surface area contributed by atoms with Gasteiger partial charge in [0.2, 0.25) is 5.91 Å². The molecule has 1 amide bonds. The van der Waals surface area contributed by atoms with Crippen LogP contribution in [0.2, 0.25) is 5.02 Å². The number of amides is 1. The summed E-state index contributed by atoms with van der Waals surface area (Å²) >= 11 is 6.03. The number of nitrogens with zero attached hydrogens (tertiary/aromatic N) is 3. The van der Waals surface area contributed by atoms with Crippen molar-refractivity contribution < 1.29 is 13.2 Å². The molecular formula is C19H20ClN3O3S. The van der Waals surface area contributed by atoms with Crippen LogP contribution in [0.4, 0.5) is 0 Å². The molecule has 8 heteroatoms. The predicted molar refractivity (Wildman–Crippen MR) is 105 cm³/mol. The van der Waals surface area contributed by atoms with Crippen LogP contribution in [0.15, 0.2) is 57.8 Å². The van der Waals surface area contributed by atoms with Gasteiger partial charge in [-0.15, -0.1) is 4.40 Å². The minimum atomic E-state index is -3.71. The molecule has 0 spiro atoms. The molecule has 1 heterocycles. The number of hydrogen-bond acceptors (Lipinski definition) is 4. The zero-order chi connectivity index (χ0) is 19.8. The fourth-order valence-electron chi connectivity index (χ4n) is 2.96. The maximum absolute atomic E-state index is 12.7. The van der Waals surface area contributed by atoms with Gasteiger partial charge in [-0.25, -0.2) is 0 Å². The van der Waals surface area contributed by atoms with E-state index in [0.29, 0.717) is 10.6 Å². The molecule has 0 bridgehead atoms. The number of carbonyl (C=O) groups excluding carboxylic acids is 1. The first-order chi connectivity index (χ1) is 12.7. The van der Waals surface area contributed by atoms with Crippen LogP contribution in [0.1, 0.15) is 24.1 Å². The lowest BCUT2D eigenvalue weighted by Crippen LogP contribution is -2.40. The van der Waals surface area contributed by atoms with Gasteiger partial charge in [-0.05, 0) is 36.8 Å². The minimum Gasteiger partial charge on any atom is -0.349 e. The van der Waals surface area contributed by atoms with Crippen LogP contribution in [0, 0.1) is 0 Å². The van der Waals surface area contributed by atoms with E-state index in [9.17, 15) is 13.2 Å². The van der Waals surface area contributed by atoms with Crippen LogP contribution < -0.4 is 0 Å². The Morgan fingerprint density at radius 3 is 2.56 bits per heavy atom. The lowest BCUT2D eigenvalue weighted by molar-refractivity contribution is -0.131. The highest BCUT2D eigenvalue weighted by atomic mass is 35.5. The molecule has 1 unspecified atom stereocenters. The topological polar surface area (TPSA) is 70.1 Å². The van der Waals surface area contributed by atoms with Gasteiger partial charge in [-0.3, -0.25) is 4.79 Å². The number of likely N-dealkylation sites (N-methyl/N-ethyl adjacent to an activating group) is 2. The van der Waals surface area contributed by atoms with Crippen molar-refractivity contribution in [2.24, 2.45) is 4.40 Å². The van der Waals surface area contributed by atoms with Crippen LogP contribution in [0.25, 0.3) is 0 Å². The van der Waals surface area contributed by atoms with Gasteiger partial charge in [0.05, 0.1) is 12.6 Å². The van der Waals surface area contributed by atoms with Crippen molar-refractivity contribution in [3.05, 3.63) is 64.7 Å². The van der Waals surface area contributed by atoms with Crippen molar-refractivity contribution in [3.63, 3.8) is 0 Å². The van der Waals surface area contributed by atoms with Gasteiger partial charge in [0.1, 0.15) is 4.90 Å². The Labute approximate surface area is 164 Å². The number of carbonyl (C=O) groups is 1. The SMILES string of the molecule is CC(c1cccc(Cl)c1)N(C)C(=O)CN(C)C1=NS(=O)(=O)c2ccccc21. The fourth-order valence-corrected chi connectivity index (χ4v) is 4.41.